The third-order valence-electron chi connectivity index (χ3n) is 5.92. The van der Waals surface area contributed by atoms with E-state index in [1.165, 1.54) is 5.57 Å². The monoisotopic (exact) mass is 331 g/mol. The summed E-state index contributed by atoms with van der Waals surface area (Å²) >= 11 is 0. The highest BCUT2D eigenvalue weighted by atomic mass is 16.5. The Bertz CT molecular complexity index is 699. The molecule has 0 bridgehead atoms. The average molecular weight is 331 g/mol. The second-order valence-electron chi connectivity index (χ2n) is 7.01. The number of hydrogen-bond acceptors (Lipinski definition) is 5. The van der Waals surface area contributed by atoms with Gasteiger partial charge in [-0.1, -0.05) is 6.08 Å². The molecule has 130 valence electrons. The maximum absolute atomic E-state index is 10.5. The molecule has 2 N–H and O–H groups in total. The molecule has 3 aliphatic rings. The van der Waals surface area contributed by atoms with Crippen LogP contribution in [-0.2, 0) is 12.0 Å². The fourth-order valence-corrected chi connectivity index (χ4v) is 4.99. The Morgan fingerprint density at radius 3 is 2.71 bits per heavy atom. The van der Waals surface area contributed by atoms with E-state index in [1.807, 2.05) is 6.07 Å². The van der Waals surface area contributed by atoms with Crippen molar-refractivity contribution in [2.24, 2.45) is 0 Å². The maximum atomic E-state index is 10.5. The number of methoxy groups -OCH3 is 2. The Morgan fingerprint density at radius 1 is 1.17 bits per heavy atom. The SMILES string of the molecule is COc1c(O)cc2c(c1OC)CCCN1CCC3=CCC(O)CC321. The number of hydrogen-bond donors (Lipinski definition) is 2. The minimum Gasteiger partial charge on any atom is -0.504 e. The van der Waals surface area contributed by atoms with Gasteiger partial charge in [-0.25, -0.2) is 0 Å². The van der Waals surface area contributed by atoms with E-state index < -0.39 is 0 Å². The minimum atomic E-state index is -0.351. The lowest BCUT2D eigenvalue weighted by Gasteiger charge is -2.43. The molecule has 4 rings (SSSR count). The molecule has 1 aromatic rings. The Hall–Kier alpha value is -1.72. The van der Waals surface area contributed by atoms with E-state index >= 15 is 0 Å². The second-order valence-corrected chi connectivity index (χ2v) is 7.01. The van der Waals surface area contributed by atoms with Crippen LogP contribution in [0.25, 0.3) is 0 Å². The van der Waals surface area contributed by atoms with Gasteiger partial charge in [-0.15, -0.1) is 0 Å². The van der Waals surface area contributed by atoms with E-state index in [0.29, 0.717) is 17.9 Å². The van der Waals surface area contributed by atoms with Crippen LogP contribution in [0.15, 0.2) is 17.7 Å². The molecule has 24 heavy (non-hydrogen) atoms. The van der Waals surface area contributed by atoms with Crippen molar-refractivity contribution in [1.29, 1.82) is 0 Å². The molecule has 1 spiro atoms. The molecule has 1 saturated heterocycles. The van der Waals surface area contributed by atoms with Crippen LogP contribution in [0.2, 0.25) is 0 Å². The van der Waals surface area contributed by atoms with Crippen LogP contribution in [-0.4, -0.2) is 48.5 Å². The quantitative estimate of drug-likeness (QED) is 0.815. The molecule has 2 unspecified atom stereocenters. The topological polar surface area (TPSA) is 62.2 Å². The number of ether oxygens (including phenoxy) is 2. The van der Waals surface area contributed by atoms with Gasteiger partial charge in [0.2, 0.25) is 5.75 Å². The highest BCUT2D eigenvalue weighted by molar-refractivity contribution is 5.62. The fraction of sp³-hybridized carbons (Fsp3) is 0.579. The molecular formula is C19H25NO4. The Kier molecular flexibility index (Phi) is 3.73. The molecule has 0 amide bonds. The first-order valence-corrected chi connectivity index (χ1v) is 8.71. The molecule has 1 aliphatic carbocycles. The number of benzene rings is 1. The molecule has 0 saturated carbocycles. The van der Waals surface area contributed by atoms with Crippen LogP contribution in [0, 0.1) is 0 Å². The number of phenolic OH excluding ortho intramolecular Hbond substituents is 1. The molecule has 5 heteroatoms. The zero-order valence-corrected chi connectivity index (χ0v) is 14.3. The van der Waals surface area contributed by atoms with Crippen molar-refractivity contribution in [3.8, 4) is 17.2 Å². The molecule has 1 aromatic carbocycles. The number of aliphatic hydroxyl groups is 1. The third kappa shape index (κ3) is 2.01. The molecule has 2 atom stereocenters. The zero-order chi connectivity index (χ0) is 16.9. The molecule has 1 fully saturated rings. The highest BCUT2D eigenvalue weighted by Crippen LogP contribution is 2.55. The van der Waals surface area contributed by atoms with Crippen molar-refractivity contribution in [3.63, 3.8) is 0 Å². The lowest BCUT2D eigenvalue weighted by atomic mass is 9.73. The van der Waals surface area contributed by atoms with Crippen LogP contribution in [0.1, 0.15) is 36.8 Å². The predicted octanol–water partition coefficient (Wildman–Crippen LogP) is 2.34. The largest absolute Gasteiger partial charge is 0.504 e. The smallest absolute Gasteiger partial charge is 0.203 e. The first-order valence-electron chi connectivity index (χ1n) is 8.71. The number of fused-ring (bicyclic) bond motifs is 1. The first-order chi connectivity index (χ1) is 11.6. The summed E-state index contributed by atoms with van der Waals surface area (Å²) in [6.07, 6.45) is 6.20. The normalized spacial score (nSPS) is 29.1. The summed E-state index contributed by atoms with van der Waals surface area (Å²) in [6, 6.07) is 1.84. The van der Waals surface area contributed by atoms with Crippen LogP contribution >= 0.6 is 0 Å². The van der Waals surface area contributed by atoms with Gasteiger partial charge in [-0.2, -0.15) is 0 Å². The van der Waals surface area contributed by atoms with Crippen molar-refractivity contribution >= 4 is 0 Å². The summed E-state index contributed by atoms with van der Waals surface area (Å²) < 4.78 is 11.0. The number of aliphatic hydroxyl groups excluding tert-OH is 1. The van der Waals surface area contributed by atoms with E-state index in [9.17, 15) is 10.2 Å². The van der Waals surface area contributed by atoms with Gasteiger partial charge < -0.3 is 19.7 Å². The van der Waals surface area contributed by atoms with Crippen molar-refractivity contribution in [1.82, 2.24) is 4.90 Å². The summed E-state index contributed by atoms with van der Waals surface area (Å²) in [6.45, 7) is 2.00. The van der Waals surface area contributed by atoms with Gasteiger partial charge in [-0.3, -0.25) is 4.90 Å². The van der Waals surface area contributed by atoms with Crippen molar-refractivity contribution < 1.29 is 19.7 Å². The lowest BCUT2D eigenvalue weighted by Crippen LogP contribution is -2.46. The lowest BCUT2D eigenvalue weighted by molar-refractivity contribution is 0.0671. The number of aromatic hydroxyl groups is 1. The average Bonchev–Trinajstić information content (AvgIpc) is 2.86. The Balaban J connectivity index is 2.01. The first kappa shape index (κ1) is 15.8. The zero-order valence-electron chi connectivity index (χ0n) is 14.3. The van der Waals surface area contributed by atoms with E-state index in [4.69, 9.17) is 9.47 Å². The molecule has 0 aromatic heterocycles. The third-order valence-corrected chi connectivity index (χ3v) is 5.92. The van der Waals surface area contributed by atoms with Gasteiger partial charge in [0.1, 0.15) is 0 Å². The number of nitrogens with zero attached hydrogens (tertiary/aromatic N) is 1. The van der Waals surface area contributed by atoms with E-state index in [-0.39, 0.29) is 17.4 Å². The molecule has 2 aliphatic heterocycles. The van der Waals surface area contributed by atoms with Gasteiger partial charge in [0.15, 0.2) is 11.5 Å². The van der Waals surface area contributed by atoms with Gasteiger partial charge in [0, 0.05) is 18.5 Å². The van der Waals surface area contributed by atoms with Gasteiger partial charge >= 0.3 is 0 Å². The molecular weight excluding hydrogens is 306 g/mol. The Labute approximate surface area is 142 Å². The van der Waals surface area contributed by atoms with Crippen molar-refractivity contribution in [3.05, 3.63) is 28.8 Å². The van der Waals surface area contributed by atoms with Gasteiger partial charge in [0.25, 0.3) is 0 Å². The summed E-state index contributed by atoms with van der Waals surface area (Å²) in [5.41, 5.74) is 3.26. The standard InChI is InChI=1S/C19H25NO4/c1-23-17-14-4-3-8-20-9-7-12-5-6-13(21)11-19(12,20)15(14)10-16(22)18(17)24-2/h5,10,13,21-22H,3-4,6-9,11H2,1-2H3. The Morgan fingerprint density at radius 2 is 1.96 bits per heavy atom. The number of phenols is 1. The summed E-state index contributed by atoms with van der Waals surface area (Å²) in [7, 11) is 3.18. The van der Waals surface area contributed by atoms with E-state index in [1.54, 1.807) is 14.2 Å². The second kappa shape index (κ2) is 5.67. The number of rotatable bonds is 2. The van der Waals surface area contributed by atoms with Gasteiger partial charge in [0.05, 0.1) is 25.9 Å². The molecule has 0 radical (unpaired) electrons. The summed E-state index contributed by atoms with van der Waals surface area (Å²) in [5.74, 6) is 1.15. The predicted molar refractivity (Wildman–Crippen MR) is 90.7 cm³/mol. The van der Waals surface area contributed by atoms with Crippen molar-refractivity contribution in [2.45, 2.75) is 43.7 Å². The van der Waals surface area contributed by atoms with E-state index in [0.717, 1.165) is 49.9 Å². The summed E-state index contributed by atoms with van der Waals surface area (Å²) in [5, 5.41) is 21.0. The minimum absolute atomic E-state index is 0.107. The molecule has 2 heterocycles. The van der Waals surface area contributed by atoms with Crippen LogP contribution < -0.4 is 9.47 Å². The van der Waals surface area contributed by atoms with E-state index in [2.05, 4.69) is 11.0 Å². The summed E-state index contributed by atoms with van der Waals surface area (Å²) in [4.78, 5) is 2.48. The van der Waals surface area contributed by atoms with Gasteiger partial charge in [-0.05, 0) is 49.4 Å². The van der Waals surface area contributed by atoms with Crippen molar-refractivity contribution in [2.75, 3.05) is 27.3 Å². The van der Waals surface area contributed by atoms with Crippen LogP contribution in [0.4, 0.5) is 0 Å². The maximum Gasteiger partial charge on any atom is 0.203 e. The highest BCUT2D eigenvalue weighted by Gasteiger charge is 2.51. The molecule has 5 nitrogen and oxygen atoms in total. The fourth-order valence-electron chi connectivity index (χ4n) is 4.99. The van der Waals surface area contributed by atoms with Crippen LogP contribution in [0.5, 0.6) is 17.2 Å². The van der Waals surface area contributed by atoms with Crippen LogP contribution in [0.3, 0.4) is 0 Å².